The molecule has 0 radical (unpaired) electrons. The molecule has 0 saturated carbocycles. The Balaban J connectivity index is 1.68. The molecule has 0 aliphatic carbocycles. The first-order valence-corrected chi connectivity index (χ1v) is 10.4. The standard InChI is InChI=1S/C20H29N5O4/c1-2-25-18-15(12-22-25)17(23-14-3-7-28-8-4-14)16(11-21-18)19(27)24-20(13-26)5-9-29-10-6-20/h11-12,14,26H,2-10,13H2,1H3,(H,21,23)(H,24,27). The molecule has 2 aromatic heterocycles. The fourth-order valence-electron chi connectivity index (χ4n) is 4.02. The molecule has 2 aromatic rings. The largest absolute Gasteiger partial charge is 0.394 e. The van der Waals surface area contributed by atoms with Gasteiger partial charge in [-0.05, 0) is 32.6 Å². The Morgan fingerprint density at radius 2 is 1.97 bits per heavy atom. The minimum atomic E-state index is -0.659. The minimum Gasteiger partial charge on any atom is -0.394 e. The Morgan fingerprint density at radius 3 is 2.66 bits per heavy atom. The molecule has 4 rings (SSSR count). The summed E-state index contributed by atoms with van der Waals surface area (Å²) < 4.78 is 12.7. The zero-order valence-corrected chi connectivity index (χ0v) is 16.8. The summed E-state index contributed by atoms with van der Waals surface area (Å²) in [6, 6.07) is 0.223. The van der Waals surface area contributed by atoms with Crippen molar-refractivity contribution in [1.29, 1.82) is 0 Å². The first-order chi connectivity index (χ1) is 14.2. The number of pyridine rings is 1. The van der Waals surface area contributed by atoms with E-state index < -0.39 is 5.54 Å². The van der Waals surface area contributed by atoms with E-state index >= 15 is 0 Å². The lowest BCUT2D eigenvalue weighted by atomic mass is 9.90. The summed E-state index contributed by atoms with van der Waals surface area (Å²) in [7, 11) is 0. The van der Waals surface area contributed by atoms with E-state index in [2.05, 4.69) is 20.7 Å². The molecule has 2 aliphatic rings. The van der Waals surface area contributed by atoms with Crippen molar-refractivity contribution in [2.45, 2.75) is 50.7 Å². The lowest BCUT2D eigenvalue weighted by Gasteiger charge is -2.36. The van der Waals surface area contributed by atoms with E-state index in [0.29, 0.717) is 51.4 Å². The number of anilines is 1. The van der Waals surface area contributed by atoms with E-state index in [0.717, 1.165) is 29.6 Å². The highest BCUT2D eigenvalue weighted by Crippen LogP contribution is 2.29. The van der Waals surface area contributed by atoms with E-state index in [1.165, 1.54) is 0 Å². The van der Waals surface area contributed by atoms with Crippen molar-refractivity contribution in [2.75, 3.05) is 38.4 Å². The molecule has 0 bridgehead atoms. The lowest BCUT2D eigenvalue weighted by molar-refractivity contribution is 0.0125. The van der Waals surface area contributed by atoms with Crippen molar-refractivity contribution in [3.05, 3.63) is 18.0 Å². The second-order valence-electron chi connectivity index (χ2n) is 7.78. The number of aryl methyl sites for hydroxylation is 1. The van der Waals surface area contributed by atoms with Crippen molar-refractivity contribution in [2.24, 2.45) is 0 Å². The summed E-state index contributed by atoms with van der Waals surface area (Å²) in [6.07, 6.45) is 6.30. The molecule has 0 spiro atoms. The molecule has 4 heterocycles. The van der Waals surface area contributed by atoms with Gasteiger partial charge in [-0.15, -0.1) is 0 Å². The minimum absolute atomic E-state index is 0.117. The maximum Gasteiger partial charge on any atom is 0.255 e. The normalized spacial score (nSPS) is 19.9. The van der Waals surface area contributed by atoms with Crippen molar-refractivity contribution in [3.8, 4) is 0 Å². The lowest BCUT2D eigenvalue weighted by Crippen LogP contribution is -2.54. The monoisotopic (exact) mass is 403 g/mol. The van der Waals surface area contributed by atoms with Crippen LogP contribution in [0.4, 0.5) is 5.69 Å². The van der Waals surface area contributed by atoms with Crippen LogP contribution in [-0.2, 0) is 16.0 Å². The number of hydrogen-bond donors (Lipinski definition) is 3. The van der Waals surface area contributed by atoms with Crippen LogP contribution >= 0.6 is 0 Å². The average Bonchev–Trinajstić information content (AvgIpc) is 3.19. The molecule has 158 valence electrons. The van der Waals surface area contributed by atoms with Gasteiger partial charge in [0.15, 0.2) is 5.65 Å². The van der Waals surface area contributed by atoms with Gasteiger partial charge in [0.25, 0.3) is 5.91 Å². The number of ether oxygens (including phenoxy) is 2. The van der Waals surface area contributed by atoms with Crippen LogP contribution in [0.15, 0.2) is 12.4 Å². The number of nitrogens with zero attached hydrogens (tertiary/aromatic N) is 3. The molecular formula is C20H29N5O4. The number of amides is 1. The number of aromatic nitrogens is 3. The molecule has 2 fully saturated rings. The molecule has 9 heteroatoms. The van der Waals surface area contributed by atoms with Crippen molar-refractivity contribution in [3.63, 3.8) is 0 Å². The number of fused-ring (bicyclic) bond motifs is 1. The second kappa shape index (κ2) is 8.64. The highest BCUT2D eigenvalue weighted by molar-refractivity contribution is 6.06. The molecule has 9 nitrogen and oxygen atoms in total. The van der Waals surface area contributed by atoms with Gasteiger partial charge in [-0.25, -0.2) is 9.67 Å². The summed E-state index contributed by atoms with van der Waals surface area (Å²) >= 11 is 0. The number of nitrogens with one attached hydrogen (secondary N) is 2. The Hall–Kier alpha value is -2.23. The number of carbonyl (C=O) groups excluding carboxylic acids is 1. The van der Waals surface area contributed by atoms with Crippen LogP contribution in [0.5, 0.6) is 0 Å². The Kier molecular flexibility index (Phi) is 5.98. The average molecular weight is 403 g/mol. The summed E-state index contributed by atoms with van der Waals surface area (Å²) in [5.74, 6) is -0.242. The number of hydrogen-bond acceptors (Lipinski definition) is 7. The van der Waals surface area contributed by atoms with Crippen LogP contribution in [-0.4, -0.2) is 70.4 Å². The second-order valence-corrected chi connectivity index (χ2v) is 7.78. The maximum absolute atomic E-state index is 13.3. The first kappa shape index (κ1) is 20.1. The number of rotatable bonds is 6. The molecular weight excluding hydrogens is 374 g/mol. The summed E-state index contributed by atoms with van der Waals surface area (Å²) in [6.45, 7) is 5.05. The van der Waals surface area contributed by atoms with Crippen LogP contribution in [0.25, 0.3) is 11.0 Å². The number of carbonyl (C=O) groups is 1. The van der Waals surface area contributed by atoms with Gasteiger partial charge >= 0.3 is 0 Å². The van der Waals surface area contributed by atoms with Gasteiger partial charge in [-0.2, -0.15) is 5.10 Å². The molecule has 2 saturated heterocycles. The third-order valence-electron chi connectivity index (χ3n) is 5.91. The summed E-state index contributed by atoms with van der Waals surface area (Å²) in [5.41, 5.74) is 1.31. The number of aliphatic hydroxyl groups excluding tert-OH is 1. The highest BCUT2D eigenvalue weighted by Gasteiger charge is 2.35. The zero-order chi connectivity index (χ0) is 20.3. The third kappa shape index (κ3) is 4.08. The smallest absolute Gasteiger partial charge is 0.255 e. The molecule has 3 N–H and O–H groups in total. The summed E-state index contributed by atoms with van der Waals surface area (Å²) in [5, 5.41) is 21.8. The van der Waals surface area contributed by atoms with Gasteiger partial charge in [0, 0.05) is 45.2 Å². The van der Waals surface area contributed by atoms with E-state index in [1.807, 2.05) is 11.6 Å². The summed E-state index contributed by atoms with van der Waals surface area (Å²) in [4.78, 5) is 17.8. The predicted molar refractivity (Wildman–Crippen MR) is 108 cm³/mol. The van der Waals surface area contributed by atoms with E-state index in [-0.39, 0.29) is 18.6 Å². The van der Waals surface area contributed by atoms with E-state index in [9.17, 15) is 9.90 Å². The molecule has 0 unspecified atom stereocenters. The van der Waals surface area contributed by atoms with Gasteiger partial charge in [-0.3, -0.25) is 4.79 Å². The molecule has 1 amide bonds. The Morgan fingerprint density at radius 1 is 1.24 bits per heavy atom. The maximum atomic E-state index is 13.3. The van der Waals surface area contributed by atoms with E-state index in [1.54, 1.807) is 12.4 Å². The fourth-order valence-corrected chi connectivity index (χ4v) is 4.02. The Bertz CT molecular complexity index is 856. The number of aliphatic hydroxyl groups is 1. The molecule has 0 atom stereocenters. The zero-order valence-electron chi connectivity index (χ0n) is 16.8. The van der Waals surface area contributed by atoms with Crippen LogP contribution < -0.4 is 10.6 Å². The quantitative estimate of drug-likeness (QED) is 0.667. The molecule has 0 aromatic carbocycles. The van der Waals surface area contributed by atoms with E-state index in [4.69, 9.17) is 9.47 Å². The molecule has 2 aliphatic heterocycles. The highest BCUT2D eigenvalue weighted by atomic mass is 16.5. The van der Waals surface area contributed by atoms with Gasteiger partial charge in [0.2, 0.25) is 0 Å². The molecule has 29 heavy (non-hydrogen) atoms. The SMILES string of the molecule is CCn1ncc2c(NC3CCOCC3)c(C(=O)NC3(CO)CCOCC3)cnc21. The fraction of sp³-hybridized carbons (Fsp3) is 0.650. The van der Waals surface area contributed by atoms with Crippen LogP contribution in [0.3, 0.4) is 0 Å². The van der Waals surface area contributed by atoms with Gasteiger partial charge < -0.3 is 25.2 Å². The topological polar surface area (TPSA) is 111 Å². The van der Waals surface area contributed by atoms with Crippen LogP contribution in [0.2, 0.25) is 0 Å². The Labute approximate surface area is 169 Å². The first-order valence-electron chi connectivity index (χ1n) is 10.4. The van der Waals surface area contributed by atoms with Crippen molar-refractivity contribution in [1.82, 2.24) is 20.1 Å². The van der Waals surface area contributed by atoms with Crippen molar-refractivity contribution < 1.29 is 19.4 Å². The van der Waals surface area contributed by atoms with Crippen molar-refractivity contribution >= 4 is 22.6 Å². The predicted octanol–water partition coefficient (Wildman–Crippen LogP) is 1.31. The van der Waals surface area contributed by atoms with Gasteiger partial charge in [0.1, 0.15) is 0 Å². The van der Waals surface area contributed by atoms with Crippen LogP contribution in [0, 0.1) is 0 Å². The van der Waals surface area contributed by atoms with Gasteiger partial charge in [0.05, 0.1) is 35.0 Å². The third-order valence-corrected chi connectivity index (χ3v) is 5.91. The van der Waals surface area contributed by atoms with Gasteiger partial charge in [-0.1, -0.05) is 0 Å². The van der Waals surface area contributed by atoms with Crippen LogP contribution in [0.1, 0.15) is 43.0 Å².